The van der Waals surface area contributed by atoms with E-state index in [0.29, 0.717) is 0 Å². The Balaban J connectivity index is 1.42. The Morgan fingerprint density at radius 3 is 1.63 bits per heavy atom. The van der Waals surface area contributed by atoms with Crippen molar-refractivity contribution in [3.8, 4) is 0 Å². The van der Waals surface area contributed by atoms with Crippen molar-refractivity contribution in [2.45, 2.75) is 70.6 Å². The van der Waals surface area contributed by atoms with E-state index in [1.165, 1.54) is 90.3 Å². The maximum absolute atomic E-state index is 4.26. The standard InChI is InChI=1S/C17H33NS/c19-13-7-5-3-1-2-4-6-12-18(14-16-8-9-16)15-17-10-11-17/h16-17,19H,1-15H2. The van der Waals surface area contributed by atoms with Crippen LogP contribution in [0.1, 0.15) is 70.6 Å². The second-order valence-electron chi connectivity index (χ2n) is 6.84. The Bertz CT molecular complexity index is 209. The first-order valence-corrected chi connectivity index (χ1v) is 9.35. The molecule has 2 aliphatic rings. The fourth-order valence-electron chi connectivity index (χ4n) is 2.92. The van der Waals surface area contributed by atoms with Crippen molar-refractivity contribution in [3.63, 3.8) is 0 Å². The highest BCUT2D eigenvalue weighted by Crippen LogP contribution is 2.33. The molecule has 0 saturated heterocycles. The summed E-state index contributed by atoms with van der Waals surface area (Å²) >= 11 is 4.26. The Hall–Kier alpha value is 0.310. The molecule has 0 aromatic heterocycles. The van der Waals surface area contributed by atoms with E-state index in [1.807, 2.05) is 0 Å². The van der Waals surface area contributed by atoms with Gasteiger partial charge in [0.05, 0.1) is 0 Å². The molecule has 0 unspecified atom stereocenters. The van der Waals surface area contributed by atoms with Crippen LogP contribution in [0.25, 0.3) is 0 Å². The van der Waals surface area contributed by atoms with Crippen molar-refractivity contribution >= 4 is 12.6 Å². The van der Waals surface area contributed by atoms with Gasteiger partial charge in [0.1, 0.15) is 0 Å². The van der Waals surface area contributed by atoms with Crippen molar-refractivity contribution in [2.24, 2.45) is 11.8 Å². The quantitative estimate of drug-likeness (QED) is 0.376. The van der Waals surface area contributed by atoms with Crippen molar-refractivity contribution in [2.75, 3.05) is 25.4 Å². The van der Waals surface area contributed by atoms with E-state index in [9.17, 15) is 0 Å². The van der Waals surface area contributed by atoms with Crippen LogP contribution in [0.2, 0.25) is 0 Å². The number of nitrogens with zero attached hydrogens (tertiary/aromatic N) is 1. The van der Waals surface area contributed by atoms with E-state index in [4.69, 9.17) is 0 Å². The van der Waals surface area contributed by atoms with Crippen molar-refractivity contribution in [1.29, 1.82) is 0 Å². The molecule has 0 heterocycles. The lowest BCUT2D eigenvalue weighted by Crippen LogP contribution is -2.29. The zero-order chi connectivity index (χ0) is 13.3. The van der Waals surface area contributed by atoms with Gasteiger partial charge in [-0.3, -0.25) is 0 Å². The first-order valence-electron chi connectivity index (χ1n) is 8.71. The molecule has 0 aliphatic heterocycles. The zero-order valence-corrected chi connectivity index (χ0v) is 13.6. The van der Waals surface area contributed by atoms with Gasteiger partial charge < -0.3 is 4.90 Å². The number of unbranched alkanes of at least 4 members (excludes halogenated alkanes) is 6. The fourth-order valence-corrected chi connectivity index (χ4v) is 3.14. The third kappa shape index (κ3) is 8.24. The van der Waals surface area contributed by atoms with Gasteiger partial charge in [-0.15, -0.1) is 0 Å². The third-order valence-electron chi connectivity index (χ3n) is 4.56. The molecule has 0 N–H and O–H groups in total. The van der Waals surface area contributed by atoms with E-state index in [-0.39, 0.29) is 0 Å². The van der Waals surface area contributed by atoms with Crippen LogP contribution in [-0.4, -0.2) is 30.3 Å². The summed E-state index contributed by atoms with van der Waals surface area (Å²) in [6.07, 6.45) is 15.9. The molecular formula is C17H33NS. The van der Waals surface area contributed by atoms with E-state index >= 15 is 0 Å². The molecule has 19 heavy (non-hydrogen) atoms. The summed E-state index contributed by atoms with van der Waals surface area (Å²) in [6, 6.07) is 0. The van der Waals surface area contributed by atoms with Gasteiger partial charge in [0.2, 0.25) is 0 Å². The first kappa shape index (κ1) is 15.7. The Morgan fingerprint density at radius 1 is 0.684 bits per heavy atom. The van der Waals surface area contributed by atoms with Gasteiger partial charge in [0, 0.05) is 13.1 Å². The maximum atomic E-state index is 4.26. The largest absolute Gasteiger partial charge is 0.303 e. The summed E-state index contributed by atoms with van der Waals surface area (Å²) in [5, 5.41) is 0. The van der Waals surface area contributed by atoms with Crippen LogP contribution in [0.3, 0.4) is 0 Å². The summed E-state index contributed by atoms with van der Waals surface area (Å²) in [5.74, 6) is 3.21. The minimum atomic E-state index is 1.07. The molecule has 0 amide bonds. The molecule has 2 saturated carbocycles. The normalized spacial score (nSPS) is 19.3. The van der Waals surface area contributed by atoms with Crippen LogP contribution < -0.4 is 0 Å². The third-order valence-corrected chi connectivity index (χ3v) is 4.88. The van der Waals surface area contributed by atoms with Crippen LogP contribution >= 0.6 is 12.6 Å². The molecule has 0 aromatic carbocycles. The van der Waals surface area contributed by atoms with Crippen molar-refractivity contribution < 1.29 is 0 Å². The molecule has 2 heteroatoms. The average Bonchev–Trinajstić information content (AvgIpc) is 3.28. The van der Waals surface area contributed by atoms with Gasteiger partial charge in [0.15, 0.2) is 0 Å². The molecule has 0 radical (unpaired) electrons. The number of hydrogen-bond donors (Lipinski definition) is 1. The predicted octanol–water partition coefficient (Wildman–Crippen LogP) is 4.77. The summed E-state index contributed by atoms with van der Waals surface area (Å²) < 4.78 is 0. The summed E-state index contributed by atoms with van der Waals surface area (Å²) in [6.45, 7) is 4.21. The Kier molecular flexibility index (Phi) is 7.67. The molecule has 2 aliphatic carbocycles. The summed E-state index contributed by atoms with van der Waals surface area (Å²) in [7, 11) is 0. The van der Waals surface area contributed by atoms with Gasteiger partial charge in [-0.25, -0.2) is 0 Å². The second-order valence-corrected chi connectivity index (χ2v) is 7.29. The second kappa shape index (κ2) is 9.28. The van der Waals surface area contributed by atoms with Gasteiger partial charge in [-0.1, -0.05) is 32.1 Å². The molecule has 112 valence electrons. The maximum Gasteiger partial charge on any atom is 0.000978 e. The fraction of sp³-hybridized carbons (Fsp3) is 1.00. The van der Waals surface area contributed by atoms with Crippen LogP contribution in [0, 0.1) is 11.8 Å². The molecule has 1 nitrogen and oxygen atoms in total. The lowest BCUT2D eigenvalue weighted by molar-refractivity contribution is 0.246. The van der Waals surface area contributed by atoms with E-state index < -0.39 is 0 Å². The molecule has 2 rings (SSSR count). The Labute approximate surface area is 125 Å². The lowest BCUT2D eigenvalue weighted by Gasteiger charge is -2.22. The monoisotopic (exact) mass is 283 g/mol. The van der Waals surface area contributed by atoms with Gasteiger partial charge >= 0.3 is 0 Å². The summed E-state index contributed by atoms with van der Waals surface area (Å²) in [5.41, 5.74) is 0. The Morgan fingerprint density at radius 2 is 1.16 bits per heavy atom. The molecular weight excluding hydrogens is 250 g/mol. The van der Waals surface area contributed by atoms with Crippen LogP contribution in [0.5, 0.6) is 0 Å². The molecule has 2 fully saturated rings. The van der Waals surface area contributed by atoms with Gasteiger partial charge in [-0.2, -0.15) is 12.6 Å². The lowest BCUT2D eigenvalue weighted by atomic mass is 10.1. The molecule has 0 atom stereocenters. The van der Waals surface area contributed by atoms with E-state index in [2.05, 4.69) is 17.5 Å². The average molecular weight is 284 g/mol. The smallest absolute Gasteiger partial charge is 0.000978 e. The van der Waals surface area contributed by atoms with E-state index in [0.717, 1.165) is 17.6 Å². The molecule has 0 spiro atoms. The zero-order valence-electron chi connectivity index (χ0n) is 12.7. The highest BCUT2D eigenvalue weighted by Gasteiger charge is 2.28. The number of thiol groups is 1. The topological polar surface area (TPSA) is 3.24 Å². The van der Waals surface area contributed by atoms with Gasteiger partial charge in [-0.05, 0) is 62.7 Å². The summed E-state index contributed by atoms with van der Waals surface area (Å²) in [4.78, 5) is 2.79. The van der Waals surface area contributed by atoms with Crippen molar-refractivity contribution in [1.82, 2.24) is 4.90 Å². The highest BCUT2D eigenvalue weighted by molar-refractivity contribution is 7.80. The molecule has 0 bridgehead atoms. The van der Waals surface area contributed by atoms with Gasteiger partial charge in [0.25, 0.3) is 0 Å². The minimum absolute atomic E-state index is 1.07. The molecule has 0 aromatic rings. The SMILES string of the molecule is SCCCCCCCCCN(CC1CC1)CC1CC1. The van der Waals surface area contributed by atoms with Crippen LogP contribution in [0.15, 0.2) is 0 Å². The number of hydrogen-bond acceptors (Lipinski definition) is 2. The van der Waals surface area contributed by atoms with Crippen LogP contribution in [0.4, 0.5) is 0 Å². The first-order chi connectivity index (χ1) is 9.38. The van der Waals surface area contributed by atoms with E-state index in [1.54, 1.807) is 0 Å². The minimum Gasteiger partial charge on any atom is -0.303 e. The number of rotatable bonds is 13. The predicted molar refractivity (Wildman–Crippen MR) is 88.1 cm³/mol. The van der Waals surface area contributed by atoms with Crippen molar-refractivity contribution in [3.05, 3.63) is 0 Å². The van der Waals surface area contributed by atoms with Crippen LogP contribution in [-0.2, 0) is 0 Å². The highest BCUT2D eigenvalue weighted by atomic mass is 32.1.